The van der Waals surface area contributed by atoms with Crippen molar-refractivity contribution < 1.29 is 15.3 Å². The highest BCUT2D eigenvalue weighted by Crippen LogP contribution is 2.43. The highest BCUT2D eigenvalue weighted by molar-refractivity contribution is 5.81. The molecule has 2 unspecified atom stereocenters. The van der Waals surface area contributed by atoms with Crippen molar-refractivity contribution >= 4 is 17.0 Å². The molecule has 0 spiro atoms. The number of rotatable bonds is 2. The number of fused-ring (bicyclic) bond motifs is 1. The van der Waals surface area contributed by atoms with Crippen molar-refractivity contribution in [2.45, 2.75) is 31.1 Å². The molecule has 1 fully saturated rings. The zero-order valence-corrected chi connectivity index (χ0v) is 11.0. The summed E-state index contributed by atoms with van der Waals surface area (Å²) in [6, 6.07) is -0.415. The molecule has 3 rings (SSSR count). The Morgan fingerprint density at radius 2 is 2.20 bits per heavy atom. The second-order valence-electron chi connectivity index (χ2n) is 5.44. The molecule has 0 saturated heterocycles. The van der Waals surface area contributed by atoms with Crippen LogP contribution in [0, 0.1) is 5.92 Å². The summed E-state index contributed by atoms with van der Waals surface area (Å²) >= 11 is 0. The molecule has 0 aliphatic heterocycles. The van der Waals surface area contributed by atoms with Crippen LogP contribution in [-0.4, -0.2) is 53.2 Å². The molecule has 20 heavy (non-hydrogen) atoms. The van der Waals surface area contributed by atoms with Crippen LogP contribution in [0.15, 0.2) is 12.7 Å². The van der Waals surface area contributed by atoms with Gasteiger partial charge in [-0.25, -0.2) is 15.0 Å². The van der Waals surface area contributed by atoms with E-state index in [1.165, 1.54) is 19.6 Å². The number of hydrogen-bond acceptors (Lipinski definition) is 7. The zero-order chi connectivity index (χ0) is 14.5. The van der Waals surface area contributed by atoms with Crippen molar-refractivity contribution in [1.82, 2.24) is 19.5 Å². The fourth-order valence-corrected chi connectivity index (χ4v) is 2.93. The van der Waals surface area contributed by atoms with E-state index in [2.05, 4.69) is 15.0 Å². The topological polar surface area (TPSA) is 130 Å². The summed E-state index contributed by atoms with van der Waals surface area (Å²) in [5.41, 5.74) is 5.35. The number of nitrogens with two attached hydrogens (primary N) is 1. The number of imidazole rings is 1. The van der Waals surface area contributed by atoms with Gasteiger partial charge in [0.25, 0.3) is 0 Å². The van der Waals surface area contributed by atoms with E-state index >= 15 is 0 Å². The van der Waals surface area contributed by atoms with Crippen LogP contribution in [0.25, 0.3) is 11.2 Å². The number of aromatic nitrogens is 4. The second kappa shape index (κ2) is 4.37. The average molecular weight is 279 g/mol. The first-order valence-corrected chi connectivity index (χ1v) is 6.41. The average Bonchev–Trinajstić information content (AvgIpc) is 2.92. The van der Waals surface area contributed by atoms with Crippen LogP contribution in [0.4, 0.5) is 5.82 Å². The highest BCUT2D eigenvalue weighted by atomic mass is 16.3. The van der Waals surface area contributed by atoms with Crippen LogP contribution in [0.1, 0.15) is 19.4 Å². The number of hydrogen-bond donors (Lipinski definition) is 4. The molecule has 0 amide bonds. The smallest absolute Gasteiger partial charge is 0.165 e. The maximum atomic E-state index is 10.3. The third kappa shape index (κ3) is 1.69. The minimum Gasteiger partial charge on any atom is -0.396 e. The summed E-state index contributed by atoms with van der Waals surface area (Å²) in [6.07, 6.45) is 2.27. The SMILES string of the molecule is C[C@@]1(O)C(CO)C[C@@H](n2cnc3c(N)ncnc32)C1O. The van der Waals surface area contributed by atoms with Crippen LogP contribution in [0.3, 0.4) is 0 Å². The molecule has 2 aromatic heterocycles. The van der Waals surface area contributed by atoms with Crippen molar-refractivity contribution in [3.05, 3.63) is 12.7 Å². The first kappa shape index (κ1) is 13.2. The standard InChI is InChI=1S/C12H17N5O3/c1-12(20)6(3-18)2-7(9(12)19)17-5-16-8-10(13)14-4-15-11(8)17/h4-7,9,18-20H,2-3H2,1H3,(H2,13,14,15)/t6?,7-,9?,12-/m1/s1. The van der Waals surface area contributed by atoms with E-state index in [0.29, 0.717) is 17.6 Å². The molecule has 1 aliphatic rings. The molecule has 4 atom stereocenters. The lowest BCUT2D eigenvalue weighted by Crippen LogP contribution is -2.43. The highest BCUT2D eigenvalue weighted by Gasteiger charge is 2.51. The Morgan fingerprint density at radius 3 is 2.85 bits per heavy atom. The predicted octanol–water partition coefficient (Wildman–Crippen LogP) is -0.926. The Morgan fingerprint density at radius 1 is 1.45 bits per heavy atom. The number of nitrogen functional groups attached to an aromatic ring is 1. The van der Waals surface area contributed by atoms with Crippen molar-refractivity contribution in [3.63, 3.8) is 0 Å². The lowest BCUT2D eigenvalue weighted by Gasteiger charge is -2.28. The second-order valence-corrected chi connectivity index (χ2v) is 5.44. The monoisotopic (exact) mass is 279 g/mol. The molecule has 5 N–H and O–H groups in total. The third-order valence-corrected chi connectivity index (χ3v) is 4.28. The molecule has 8 nitrogen and oxygen atoms in total. The molecule has 1 saturated carbocycles. The Kier molecular flexibility index (Phi) is 2.89. The van der Waals surface area contributed by atoms with E-state index in [9.17, 15) is 15.3 Å². The van der Waals surface area contributed by atoms with Gasteiger partial charge in [-0.1, -0.05) is 0 Å². The molecule has 1 aliphatic carbocycles. The molecule has 0 aromatic carbocycles. The maximum absolute atomic E-state index is 10.3. The summed E-state index contributed by atoms with van der Waals surface area (Å²) in [6.45, 7) is 1.34. The van der Waals surface area contributed by atoms with Gasteiger partial charge in [0.2, 0.25) is 0 Å². The normalized spacial score (nSPS) is 33.9. The van der Waals surface area contributed by atoms with Crippen LogP contribution in [0.2, 0.25) is 0 Å². The molecular formula is C12H17N5O3. The van der Waals surface area contributed by atoms with Gasteiger partial charge in [0.1, 0.15) is 17.9 Å². The van der Waals surface area contributed by atoms with E-state index in [1.807, 2.05) is 0 Å². The van der Waals surface area contributed by atoms with Gasteiger partial charge >= 0.3 is 0 Å². The lowest BCUT2D eigenvalue weighted by molar-refractivity contribution is -0.0840. The largest absolute Gasteiger partial charge is 0.396 e. The molecule has 8 heteroatoms. The van der Waals surface area contributed by atoms with E-state index in [0.717, 1.165) is 0 Å². The first-order valence-electron chi connectivity index (χ1n) is 6.41. The van der Waals surface area contributed by atoms with Crippen LogP contribution < -0.4 is 5.73 Å². The Bertz CT molecular complexity index is 641. The summed E-state index contributed by atoms with van der Waals surface area (Å²) in [4.78, 5) is 12.2. The number of aliphatic hydroxyl groups is 3. The van der Waals surface area contributed by atoms with E-state index in [4.69, 9.17) is 5.73 Å². The van der Waals surface area contributed by atoms with Gasteiger partial charge in [-0.3, -0.25) is 0 Å². The van der Waals surface area contributed by atoms with Crippen LogP contribution >= 0.6 is 0 Å². The fraction of sp³-hybridized carbons (Fsp3) is 0.583. The minimum absolute atomic E-state index is 0.190. The van der Waals surface area contributed by atoms with Gasteiger partial charge in [0, 0.05) is 12.5 Å². The Labute approximate surface area is 114 Å². The number of aliphatic hydroxyl groups excluding tert-OH is 2. The van der Waals surface area contributed by atoms with Gasteiger partial charge < -0.3 is 25.6 Å². The van der Waals surface area contributed by atoms with Crippen LogP contribution in [-0.2, 0) is 0 Å². The van der Waals surface area contributed by atoms with Crippen molar-refractivity contribution in [3.8, 4) is 0 Å². The molecule has 0 bridgehead atoms. The molecule has 2 aromatic rings. The van der Waals surface area contributed by atoms with E-state index in [1.54, 1.807) is 4.57 Å². The van der Waals surface area contributed by atoms with Gasteiger partial charge in [0.15, 0.2) is 11.5 Å². The maximum Gasteiger partial charge on any atom is 0.165 e. The van der Waals surface area contributed by atoms with Gasteiger partial charge in [0.05, 0.1) is 18.0 Å². The Hall–Kier alpha value is -1.77. The van der Waals surface area contributed by atoms with Crippen molar-refractivity contribution in [1.29, 1.82) is 0 Å². The van der Waals surface area contributed by atoms with E-state index in [-0.39, 0.29) is 12.4 Å². The Balaban J connectivity index is 2.06. The lowest BCUT2D eigenvalue weighted by atomic mass is 9.92. The van der Waals surface area contributed by atoms with E-state index < -0.39 is 23.7 Å². The summed E-state index contributed by atoms with van der Waals surface area (Å²) in [5, 5.41) is 30.0. The van der Waals surface area contributed by atoms with Crippen molar-refractivity contribution in [2.75, 3.05) is 12.3 Å². The van der Waals surface area contributed by atoms with Crippen LogP contribution in [0.5, 0.6) is 0 Å². The predicted molar refractivity (Wildman–Crippen MR) is 70.6 cm³/mol. The molecular weight excluding hydrogens is 262 g/mol. The summed E-state index contributed by atoms with van der Waals surface area (Å²) < 4.78 is 1.68. The van der Waals surface area contributed by atoms with Gasteiger partial charge in [-0.15, -0.1) is 0 Å². The quantitative estimate of drug-likeness (QED) is 0.559. The molecule has 0 radical (unpaired) electrons. The fourth-order valence-electron chi connectivity index (χ4n) is 2.93. The first-order chi connectivity index (χ1) is 9.46. The molecule has 108 valence electrons. The third-order valence-electron chi connectivity index (χ3n) is 4.28. The zero-order valence-electron chi connectivity index (χ0n) is 11.0. The summed E-state index contributed by atoms with van der Waals surface area (Å²) in [7, 11) is 0. The number of nitrogens with zero attached hydrogens (tertiary/aromatic N) is 4. The minimum atomic E-state index is -1.35. The molecule has 2 heterocycles. The van der Waals surface area contributed by atoms with Crippen molar-refractivity contribution in [2.24, 2.45) is 5.92 Å². The number of anilines is 1. The van der Waals surface area contributed by atoms with Gasteiger partial charge in [-0.2, -0.15) is 0 Å². The summed E-state index contributed by atoms with van der Waals surface area (Å²) in [5.74, 6) is -0.133. The van der Waals surface area contributed by atoms with Gasteiger partial charge in [-0.05, 0) is 13.3 Å².